The van der Waals surface area contributed by atoms with Crippen molar-refractivity contribution in [2.45, 2.75) is 25.8 Å². The van der Waals surface area contributed by atoms with Crippen LogP contribution in [0.5, 0.6) is 0 Å². The minimum absolute atomic E-state index is 0.0886. The molecular weight excluding hydrogens is 210 g/mol. The van der Waals surface area contributed by atoms with Gasteiger partial charge in [-0.15, -0.1) is 5.10 Å². The maximum Gasteiger partial charge on any atom is 0.294 e. The molecule has 1 aromatic rings. The highest BCUT2D eigenvalue weighted by Crippen LogP contribution is 2.18. The summed E-state index contributed by atoms with van der Waals surface area (Å²) >= 11 is 0. The van der Waals surface area contributed by atoms with E-state index in [1.165, 1.54) is 4.90 Å². The Bertz CT molecular complexity index is 427. The van der Waals surface area contributed by atoms with Crippen LogP contribution in [-0.2, 0) is 4.79 Å². The Labute approximate surface area is 92.0 Å². The third-order valence-corrected chi connectivity index (χ3v) is 2.63. The SMILES string of the molecule is Cc1nc(C(=O)N2CCCC2C(N)=O)n[nH]1. The fraction of sp³-hybridized carbons (Fsp3) is 0.556. The zero-order valence-corrected chi connectivity index (χ0v) is 8.93. The lowest BCUT2D eigenvalue weighted by molar-refractivity contribution is -0.121. The molecular formula is C9H13N5O2. The van der Waals surface area contributed by atoms with Crippen molar-refractivity contribution >= 4 is 11.8 Å². The first-order chi connectivity index (χ1) is 7.59. The second-order valence-corrected chi connectivity index (χ2v) is 3.80. The maximum absolute atomic E-state index is 11.9. The van der Waals surface area contributed by atoms with Crippen molar-refractivity contribution in [1.29, 1.82) is 0 Å². The van der Waals surface area contributed by atoms with E-state index >= 15 is 0 Å². The van der Waals surface area contributed by atoms with Crippen LogP contribution in [0.2, 0.25) is 0 Å². The number of nitrogens with two attached hydrogens (primary N) is 1. The molecule has 16 heavy (non-hydrogen) atoms. The summed E-state index contributed by atoms with van der Waals surface area (Å²) in [5.41, 5.74) is 5.23. The minimum atomic E-state index is -0.522. The number of hydrogen-bond acceptors (Lipinski definition) is 4. The summed E-state index contributed by atoms with van der Waals surface area (Å²) in [7, 11) is 0. The highest BCUT2D eigenvalue weighted by atomic mass is 16.2. The molecule has 2 heterocycles. The van der Waals surface area contributed by atoms with Crippen molar-refractivity contribution < 1.29 is 9.59 Å². The van der Waals surface area contributed by atoms with E-state index in [0.29, 0.717) is 18.8 Å². The van der Waals surface area contributed by atoms with Crippen molar-refractivity contribution in [2.75, 3.05) is 6.54 Å². The van der Waals surface area contributed by atoms with Gasteiger partial charge in [0, 0.05) is 6.54 Å². The van der Waals surface area contributed by atoms with Gasteiger partial charge in [-0.2, -0.15) is 0 Å². The van der Waals surface area contributed by atoms with E-state index in [2.05, 4.69) is 15.2 Å². The average Bonchev–Trinajstić information content (AvgIpc) is 2.84. The average molecular weight is 223 g/mol. The van der Waals surface area contributed by atoms with Crippen molar-refractivity contribution in [2.24, 2.45) is 5.73 Å². The molecule has 0 radical (unpaired) electrons. The molecule has 1 aliphatic heterocycles. The molecule has 2 amide bonds. The Hall–Kier alpha value is -1.92. The molecule has 1 aliphatic rings. The van der Waals surface area contributed by atoms with Gasteiger partial charge in [0.2, 0.25) is 11.7 Å². The van der Waals surface area contributed by atoms with Gasteiger partial charge in [0.25, 0.3) is 5.91 Å². The second kappa shape index (κ2) is 3.92. The number of aromatic amines is 1. The van der Waals surface area contributed by atoms with Gasteiger partial charge in [-0.3, -0.25) is 14.7 Å². The molecule has 0 aliphatic carbocycles. The minimum Gasteiger partial charge on any atom is -0.368 e. The molecule has 0 spiro atoms. The summed E-state index contributed by atoms with van der Waals surface area (Å²) in [6.07, 6.45) is 1.40. The van der Waals surface area contributed by atoms with E-state index in [9.17, 15) is 9.59 Å². The second-order valence-electron chi connectivity index (χ2n) is 3.80. The number of primary amides is 1. The first kappa shape index (κ1) is 10.6. The quantitative estimate of drug-likeness (QED) is 0.684. The van der Waals surface area contributed by atoms with Crippen molar-refractivity contribution in [1.82, 2.24) is 20.1 Å². The first-order valence-corrected chi connectivity index (χ1v) is 5.09. The number of aryl methyl sites for hydroxylation is 1. The van der Waals surface area contributed by atoms with Crippen molar-refractivity contribution in [3.63, 3.8) is 0 Å². The Morgan fingerprint density at radius 3 is 2.88 bits per heavy atom. The van der Waals surface area contributed by atoms with Crippen LogP contribution < -0.4 is 5.73 Å². The third-order valence-electron chi connectivity index (χ3n) is 2.63. The first-order valence-electron chi connectivity index (χ1n) is 5.09. The van der Waals surface area contributed by atoms with Crippen LogP contribution in [0.15, 0.2) is 0 Å². The van der Waals surface area contributed by atoms with E-state index in [1.54, 1.807) is 6.92 Å². The molecule has 1 saturated heterocycles. The molecule has 0 saturated carbocycles. The van der Waals surface area contributed by atoms with Crippen LogP contribution >= 0.6 is 0 Å². The predicted octanol–water partition coefficient (Wildman–Crippen LogP) is -0.797. The van der Waals surface area contributed by atoms with Crippen LogP contribution in [0.25, 0.3) is 0 Å². The zero-order chi connectivity index (χ0) is 11.7. The van der Waals surface area contributed by atoms with E-state index in [4.69, 9.17) is 5.73 Å². The zero-order valence-electron chi connectivity index (χ0n) is 8.93. The van der Waals surface area contributed by atoms with Crippen LogP contribution in [0.1, 0.15) is 29.3 Å². The van der Waals surface area contributed by atoms with Gasteiger partial charge in [0.15, 0.2) is 0 Å². The lowest BCUT2D eigenvalue weighted by atomic mass is 10.2. The maximum atomic E-state index is 11.9. The van der Waals surface area contributed by atoms with Gasteiger partial charge >= 0.3 is 0 Å². The topological polar surface area (TPSA) is 105 Å². The van der Waals surface area contributed by atoms with Gasteiger partial charge in [0.1, 0.15) is 11.9 Å². The number of nitrogens with one attached hydrogen (secondary N) is 1. The summed E-state index contributed by atoms with van der Waals surface area (Å²) in [4.78, 5) is 28.5. The molecule has 1 fully saturated rings. The molecule has 7 heteroatoms. The Balaban J connectivity index is 2.18. The summed E-state index contributed by atoms with van der Waals surface area (Å²) < 4.78 is 0. The lowest BCUT2D eigenvalue weighted by Gasteiger charge is -2.20. The van der Waals surface area contributed by atoms with Crippen LogP contribution in [-0.4, -0.2) is 44.5 Å². The van der Waals surface area contributed by atoms with Crippen LogP contribution in [0.4, 0.5) is 0 Å². The normalized spacial score (nSPS) is 20.1. The molecule has 1 aromatic heterocycles. The van der Waals surface area contributed by atoms with Gasteiger partial charge in [-0.1, -0.05) is 0 Å². The Morgan fingerprint density at radius 1 is 1.56 bits per heavy atom. The molecule has 1 atom stereocenters. The highest BCUT2D eigenvalue weighted by molar-refractivity contribution is 5.94. The monoisotopic (exact) mass is 223 g/mol. The largest absolute Gasteiger partial charge is 0.368 e. The smallest absolute Gasteiger partial charge is 0.294 e. The Kier molecular flexibility index (Phi) is 2.59. The highest BCUT2D eigenvalue weighted by Gasteiger charge is 2.34. The fourth-order valence-electron chi connectivity index (χ4n) is 1.87. The van der Waals surface area contributed by atoms with E-state index < -0.39 is 11.9 Å². The van der Waals surface area contributed by atoms with Crippen LogP contribution in [0, 0.1) is 6.92 Å². The van der Waals surface area contributed by atoms with Gasteiger partial charge < -0.3 is 10.6 Å². The van der Waals surface area contributed by atoms with Gasteiger partial charge in [-0.25, -0.2) is 4.98 Å². The molecule has 1 unspecified atom stereocenters. The molecule has 0 aromatic carbocycles. The van der Waals surface area contributed by atoms with E-state index in [1.807, 2.05) is 0 Å². The van der Waals surface area contributed by atoms with Crippen LogP contribution in [0.3, 0.4) is 0 Å². The van der Waals surface area contributed by atoms with E-state index in [-0.39, 0.29) is 11.7 Å². The number of amides is 2. The fourth-order valence-corrected chi connectivity index (χ4v) is 1.87. The predicted molar refractivity (Wildman–Crippen MR) is 54.4 cm³/mol. The lowest BCUT2D eigenvalue weighted by Crippen LogP contribution is -2.44. The summed E-state index contributed by atoms with van der Waals surface area (Å²) in [6.45, 7) is 2.24. The number of hydrogen-bond donors (Lipinski definition) is 2. The summed E-state index contributed by atoms with van der Waals surface area (Å²) in [5, 5.41) is 6.37. The molecule has 3 N–H and O–H groups in total. The molecule has 7 nitrogen and oxygen atoms in total. The van der Waals surface area contributed by atoms with E-state index in [0.717, 1.165) is 6.42 Å². The standard InChI is InChI=1S/C9H13N5O2/c1-5-11-8(13-12-5)9(16)14-4-2-3-6(14)7(10)15/h6H,2-4H2,1H3,(H2,10,15)(H,11,12,13). The number of H-pyrrole nitrogens is 1. The number of aromatic nitrogens is 3. The third kappa shape index (κ3) is 1.75. The summed E-state index contributed by atoms with van der Waals surface area (Å²) in [5.74, 6) is -0.160. The molecule has 2 rings (SSSR count). The number of carbonyl (C=O) groups is 2. The summed E-state index contributed by atoms with van der Waals surface area (Å²) in [6, 6.07) is -0.522. The Morgan fingerprint density at radius 2 is 2.31 bits per heavy atom. The molecule has 0 bridgehead atoms. The number of nitrogens with zero attached hydrogens (tertiary/aromatic N) is 3. The van der Waals surface area contributed by atoms with Gasteiger partial charge in [-0.05, 0) is 19.8 Å². The number of likely N-dealkylation sites (tertiary alicyclic amines) is 1. The number of rotatable bonds is 2. The molecule has 86 valence electrons. The van der Waals surface area contributed by atoms with Gasteiger partial charge in [0.05, 0.1) is 0 Å². The van der Waals surface area contributed by atoms with Crippen molar-refractivity contribution in [3.8, 4) is 0 Å². The van der Waals surface area contributed by atoms with Crippen molar-refractivity contribution in [3.05, 3.63) is 11.6 Å². The number of carbonyl (C=O) groups excluding carboxylic acids is 2.